The molecular weight excluding hydrogens is 388 g/mol. The predicted molar refractivity (Wildman–Crippen MR) is 111 cm³/mol. The molecule has 0 radical (unpaired) electrons. The number of nitrogens with zero attached hydrogens (tertiary/aromatic N) is 2. The molecule has 0 atom stereocenters. The molecule has 2 amide bonds. The summed E-state index contributed by atoms with van der Waals surface area (Å²) >= 11 is 0. The molecule has 3 aromatic rings. The highest BCUT2D eigenvalue weighted by molar-refractivity contribution is 5.89. The fraction of sp³-hybridized carbons (Fsp3) is 0.238. The number of rotatable bonds is 7. The van der Waals surface area contributed by atoms with Gasteiger partial charge in [0.25, 0.3) is 5.56 Å². The molecule has 1 aromatic carbocycles. The van der Waals surface area contributed by atoms with E-state index in [1.165, 1.54) is 10.5 Å². The summed E-state index contributed by atoms with van der Waals surface area (Å²) in [5, 5.41) is 5.23. The molecule has 0 aliphatic rings. The Morgan fingerprint density at radius 2 is 1.90 bits per heavy atom. The zero-order valence-corrected chi connectivity index (χ0v) is 16.7. The number of carbonyl (C=O) groups is 2. The maximum absolute atomic E-state index is 12.1. The number of urea groups is 1. The first-order valence-electron chi connectivity index (χ1n) is 9.28. The summed E-state index contributed by atoms with van der Waals surface area (Å²) in [5.41, 5.74) is 2.17. The number of aromatic nitrogens is 2. The molecule has 0 bridgehead atoms. The molecule has 2 N–H and O–H groups in total. The Balaban J connectivity index is 1.44. The SMILES string of the molecule is COc1ccc(NC(=O)NCCC(=O)OCc2cc(=O)n3ccc(C)cc3n2)cc1. The van der Waals surface area contributed by atoms with Crippen LogP contribution in [0, 0.1) is 6.92 Å². The molecule has 3 rings (SSSR count). The Morgan fingerprint density at radius 3 is 2.63 bits per heavy atom. The zero-order valence-electron chi connectivity index (χ0n) is 16.7. The second-order valence-corrected chi connectivity index (χ2v) is 6.54. The lowest BCUT2D eigenvalue weighted by Crippen LogP contribution is -2.30. The third-order valence-corrected chi connectivity index (χ3v) is 4.22. The monoisotopic (exact) mass is 410 g/mol. The van der Waals surface area contributed by atoms with E-state index in [9.17, 15) is 14.4 Å². The molecule has 2 aromatic heterocycles. The quantitative estimate of drug-likeness (QED) is 0.578. The van der Waals surface area contributed by atoms with Gasteiger partial charge in [0, 0.05) is 24.5 Å². The van der Waals surface area contributed by atoms with Crippen molar-refractivity contribution < 1.29 is 19.1 Å². The van der Waals surface area contributed by atoms with E-state index in [-0.39, 0.29) is 25.1 Å². The van der Waals surface area contributed by atoms with E-state index >= 15 is 0 Å². The third kappa shape index (κ3) is 5.57. The number of nitrogens with one attached hydrogen (secondary N) is 2. The van der Waals surface area contributed by atoms with E-state index in [1.54, 1.807) is 43.6 Å². The number of pyridine rings is 1. The number of hydrogen-bond acceptors (Lipinski definition) is 6. The highest BCUT2D eigenvalue weighted by atomic mass is 16.5. The Morgan fingerprint density at radius 1 is 1.13 bits per heavy atom. The number of hydrogen-bond donors (Lipinski definition) is 2. The molecule has 156 valence electrons. The van der Waals surface area contributed by atoms with Gasteiger partial charge in [-0.1, -0.05) is 0 Å². The molecule has 2 heterocycles. The Hall–Kier alpha value is -3.88. The van der Waals surface area contributed by atoms with E-state index in [0.29, 0.717) is 22.8 Å². The van der Waals surface area contributed by atoms with Gasteiger partial charge in [0.05, 0.1) is 19.2 Å². The van der Waals surface area contributed by atoms with Crippen molar-refractivity contribution in [2.75, 3.05) is 19.0 Å². The van der Waals surface area contributed by atoms with Crippen molar-refractivity contribution in [2.45, 2.75) is 20.0 Å². The summed E-state index contributed by atoms with van der Waals surface area (Å²) in [4.78, 5) is 40.2. The minimum atomic E-state index is -0.508. The Kier molecular flexibility index (Phi) is 6.63. The topological polar surface area (TPSA) is 111 Å². The van der Waals surface area contributed by atoms with Crippen molar-refractivity contribution in [1.29, 1.82) is 0 Å². The third-order valence-electron chi connectivity index (χ3n) is 4.22. The van der Waals surface area contributed by atoms with Crippen LogP contribution in [0.4, 0.5) is 10.5 Å². The van der Waals surface area contributed by atoms with Crippen molar-refractivity contribution in [2.24, 2.45) is 0 Å². The second-order valence-electron chi connectivity index (χ2n) is 6.54. The summed E-state index contributed by atoms with van der Waals surface area (Å²) in [6.45, 7) is 1.89. The molecule has 0 aliphatic carbocycles. The smallest absolute Gasteiger partial charge is 0.319 e. The first-order valence-corrected chi connectivity index (χ1v) is 9.28. The maximum Gasteiger partial charge on any atom is 0.319 e. The fourth-order valence-electron chi connectivity index (χ4n) is 2.68. The average molecular weight is 410 g/mol. The molecule has 9 nitrogen and oxygen atoms in total. The van der Waals surface area contributed by atoms with Gasteiger partial charge in [-0.25, -0.2) is 9.78 Å². The number of ether oxygens (including phenoxy) is 2. The number of anilines is 1. The first kappa shape index (κ1) is 20.8. The van der Waals surface area contributed by atoms with Gasteiger partial charge in [-0.05, 0) is 48.9 Å². The summed E-state index contributed by atoms with van der Waals surface area (Å²) in [6.07, 6.45) is 1.64. The van der Waals surface area contributed by atoms with Gasteiger partial charge in [0.2, 0.25) is 0 Å². The van der Waals surface area contributed by atoms with Crippen molar-refractivity contribution in [3.05, 3.63) is 70.3 Å². The van der Waals surface area contributed by atoms with Crippen LogP contribution in [0.3, 0.4) is 0 Å². The second kappa shape index (κ2) is 9.55. The van der Waals surface area contributed by atoms with Crippen LogP contribution in [0.25, 0.3) is 5.65 Å². The van der Waals surface area contributed by atoms with Crippen LogP contribution in [0.5, 0.6) is 5.75 Å². The van der Waals surface area contributed by atoms with Gasteiger partial charge in [-0.3, -0.25) is 14.0 Å². The zero-order chi connectivity index (χ0) is 21.5. The maximum atomic E-state index is 12.1. The van der Waals surface area contributed by atoms with Crippen molar-refractivity contribution >= 4 is 23.3 Å². The van der Waals surface area contributed by atoms with Gasteiger partial charge in [-0.15, -0.1) is 0 Å². The summed E-state index contributed by atoms with van der Waals surface area (Å²) in [7, 11) is 1.56. The van der Waals surface area contributed by atoms with Crippen LogP contribution < -0.4 is 20.9 Å². The predicted octanol–water partition coefficient (Wildman–Crippen LogP) is 2.27. The highest BCUT2D eigenvalue weighted by Crippen LogP contribution is 2.14. The summed E-state index contributed by atoms with van der Waals surface area (Å²) in [5.74, 6) is 0.174. The van der Waals surface area contributed by atoms with Crippen LogP contribution in [0.1, 0.15) is 17.7 Å². The van der Waals surface area contributed by atoms with Crippen molar-refractivity contribution in [3.63, 3.8) is 0 Å². The van der Waals surface area contributed by atoms with E-state index < -0.39 is 12.0 Å². The molecule has 0 saturated heterocycles. The van der Waals surface area contributed by atoms with Crippen LogP contribution in [0.15, 0.2) is 53.5 Å². The Bertz CT molecular complexity index is 1110. The van der Waals surface area contributed by atoms with Crippen molar-refractivity contribution in [1.82, 2.24) is 14.7 Å². The standard InChI is InChI=1S/C21H22N4O5/c1-14-8-10-25-18(11-14)23-16(12-19(25)26)13-30-20(27)7-9-22-21(28)24-15-3-5-17(29-2)6-4-15/h3-6,8,10-12H,7,9,13H2,1-2H3,(H2,22,24,28). The van der Waals surface area contributed by atoms with Crippen LogP contribution in [-0.4, -0.2) is 35.0 Å². The number of methoxy groups -OCH3 is 1. The van der Waals surface area contributed by atoms with Gasteiger partial charge in [-0.2, -0.15) is 0 Å². The molecule has 0 unspecified atom stereocenters. The number of esters is 1. The Labute approximate surface area is 172 Å². The van der Waals surface area contributed by atoms with Crippen LogP contribution >= 0.6 is 0 Å². The van der Waals surface area contributed by atoms with Crippen LogP contribution in [0.2, 0.25) is 0 Å². The van der Waals surface area contributed by atoms with E-state index in [2.05, 4.69) is 15.6 Å². The van der Waals surface area contributed by atoms with Gasteiger partial charge in [0.1, 0.15) is 18.0 Å². The lowest BCUT2D eigenvalue weighted by atomic mass is 10.3. The molecule has 0 aliphatic heterocycles. The fourth-order valence-corrected chi connectivity index (χ4v) is 2.68. The lowest BCUT2D eigenvalue weighted by molar-refractivity contribution is -0.144. The van der Waals surface area contributed by atoms with Crippen molar-refractivity contribution in [3.8, 4) is 5.75 Å². The van der Waals surface area contributed by atoms with Gasteiger partial charge >= 0.3 is 12.0 Å². The highest BCUT2D eigenvalue weighted by Gasteiger charge is 2.08. The molecular formula is C21H22N4O5. The molecule has 9 heteroatoms. The molecule has 0 spiro atoms. The van der Waals surface area contributed by atoms with Crippen LogP contribution in [-0.2, 0) is 16.1 Å². The number of benzene rings is 1. The minimum absolute atomic E-state index is 0.0122. The number of fused-ring (bicyclic) bond motifs is 1. The first-order chi connectivity index (χ1) is 14.4. The van der Waals surface area contributed by atoms with E-state index in [0.717, 1.165) is 5.56 Å². The molecule has 0 fully saturated rings. The number of amides is 2. The normalized spacial score (nSPS) is 10.5. The van der Waals surface area contributed by atoms with Gasteiger partial charge < -0.3 is 20.1 Å². The van der Waals surface area contributed by atoms with E-state index in [4.69, 9.17) is 9.47 Å². The summed E-state index contributed by atoms with van der Waals surface area (Å²) in [6, 6.07) is 11.3. The molecule has 0 saturated carbocycles. The number of carbonyl (C=O) groups excluding carboxylic acids is 2. The van der Waals surface area contributed by atoms with Gasteiger partial charge in [0.15, 0.2) is 0 Å². The van der Waals surface area contributed by atoms with E-state index in [1.807, 2.05) is 13.0 Å². The largest absolute Gasteiger partial charge is 0.497 e. The average Bonchev–Trinajstić information content (AvgIpc) is 2.72. The number of aryl methyl sites for hydroxylation is 1. The summed E-state index contributed by atoms with van der Waals surface area (Å²) < 4.78 is 11.6. The molecule has 30 heavy (non-hydrogen) atoms. The minimum Gasteiger partial charge on any atom is -0.497 e. The lowest BCUT2D eigenvalue weighted by Gasteiger charge is -2.09.